The van der Waals surface area contributed by atoms with Gasteiger partial charge in [-0.3, -0.25) is 4.79 Å². The van der Waals surface area contributed by atoms with Gasteiger partial charge in [0, 0.05) is 30.8 Å². The van der Waals surface area contributed by atoms with Crippen molar-refractivity contribution in [3.05, 3.63) is 64.7 Å². The third kappa shape index (κ3) is 4.67. The number of carbonyl (C=O) groups excluding carboxylic acids is 1. The second kappa shape index (κ2) is 9.07. The minimum absolute atomic E-state index is 0.0695. The number of pyridine rings is 2. The average Bonchev–Trinajstić information content (AvgIpc) is 2.85. The summed E-state index contributed by atoms with van der Waals surface area (Å²) in [5.74, 6) is 0.265. The number of halogens is 4. The highest BCUT2D eigenvalue weighted by Crippen LogP contribution is 2.40. The Morgan fingerprint density at radius 2 is 1.94 bits per heavy atom. The van der Waals surface area contributed by atoms with E-state index >= 15 is 0 Å². The molecule has 3 aromatic heterocycles. The number of nitrogens with zero attached hydrogens (tertiary/aromatic N) is 5. The second-order valence-electron chi connectivity index (χ2n) is 8.79. The molecule has 182 valence electrons. The van der Waals surface area contributed by atoms with E-state index in [1.807, 2.05) is 6.92 Å². The maximum atomic E-state index is 13.7. The van der Waals surface area contributed by atoms with Crippen LogP contribution in [-0.2, 0) is 6.18 Å². The van der Waals surface area contributed by atoms with E-state index in [9.17, 15) is 18.0 Å². The molecule has 7 nitrogen and oxygen atoms in total. The van der Waals surface area contributed by atoms with Crippen LogP contribution < -0.4 is 4.74 Å². The van der Waals surface area contributed by atoms with E-state index in [1.165, 1.54) is 0 Å². The van der Waals surface area contributed by atoms with Gasteiger partial charge in [-0.05, 0) is 56.4 Å². The predicted octanol–water partition coefficient (Wildman–Crippen LogP) is 4.99. The fourth-order valence-corrected chi connectivity index (χ4v) is 4.99. The Labute approximate surface area is 204 Å². The first kappa shape index (κ1) is 23.5. The number of hydrogen-bond acceptors (Lipinski definition) is 6. The zero-order valence-corrected chi connectivity index (χ0v) is 19.4. The molecule has 6 rings (SSSR count). The van der Waals surface area contributed by atoms with Crippen LogP contribution in [0, 0.1) is 12.8 Å². The molecule has 0 aromatic carbocycles. The zero-order valence-electron chi connectivity index (χ0n) is 18.7. The smallest absolute Gasteiger partial charge is 0.417 e. The standard InChI is InChI=1S/C24H21ClF3N5O2/c1-13-3-5-16(20(32-13)21-29-7-2-8-30-21)23(34)33-12-14-4-6-18(33)19(9-14)35-22-17(25)10-15(11-31-22)24(26,27)28/h2-3,5,7-8,10-11,14,18-19H,4,6,9,12H2,1H3/t14-,18+,19-/m1/s1. The Hall–Kier alpha value is -3.27. The molecule has 5 heterocycles. The van der Waals surface area contributed by atoms with Gasteiger partial charge in [0.25, 0.3) is 5.91 Å². The average molecular weight is 504 g/mol. The lowest BCUT2D eigenvalue weighted by atomic mass is 9.77. The van der Waals surface area contributed by atoms with Crippen molar-refractivity contribution in [1.82, 2.24) is 24.8 Å². The number of hydrogen-bond donors (Lipinski definition) is 0. The molecule has 0 spiro atoms. The minimum Gasteiger partial charge on any atom is -0.471 e. The minimum atomic E-state index is -4.55. The van der Waals surface area contributed by atoms with Gasteiger partial charge in [-0.2, -0.15) is 13.2 Å². The number of aryl methyl sites for hydroxylation is 1. The Morgan fingerprint density at radius 3 is 2.63 bits per heavy atom. The SMILES string of the molecule is Cc1ccc(C(=O)N2C[C@@H]3CC[C@H]2[C@H](Oc2ncc(C(F)(F)F)cc2Cl)C3)c(-c2ncccn2)n1. The molecule has 1 saturated carbocycles. The molecule has 2 saturated heterocycles. The maximum Gasteiger partial charge on any atom is 0.417 e. The largest absolute Gasteiger partial charge is 0.471 e. The summed E-state index contributed by atoms with van der Waals surface area (Å²) in [6.07, 6.45) is 1.19. The number of rotatable bonds is 4. The Bertz CT molecular complexity index is 1260. The third-order valence-electron chi connectivity index (χ3n) is 6.42. The van der Waals surface area contributed by atoms with Crippen molar-refractivity contribution in [2.75, 3.05) is 6.54 Å². The van der Waals surface area contributed by atoms with Gasteiger partial charge in [0.05, 0.1) is 17.2 Å². The Kier molecular flexibility index (Phi) is 6.08. The third-order valence-corrected chi connectivity index (χ3v) is 6.69. The molecule has 2 bridgehead atoms. The van der Waals surface area contributed by atoms with Crippen molar-refractivity contribution in [1.29, 1.82) is 0 Å². The quantitative estimate of drug-likeness (QED) is 0.499. The lowest BCUT2D eigenvalue weighted by molar-refractivity contribution is -0.137. The highest BCUT2D eigenvalue weighted by atomic mass is 35.5. The first-order valence-corrected chi connectivity index (χ1v) is 11.5. The molecule has 2 aliphatic heterocycles. The zero-order chi connectivity index (χ0) is 24.7. The summed E-state index contributed by atoms with van der Waals surface area (Å²) in [4.78, 5) is 32.3. The molecule has 3 fully saturated rings. The fourth-order valence-electron chi connectivity index (χ4n) is 4.78. The van der Waals surface area contributed by atoms with Gasteiger partial charge in [0.1, 0.15) is 16.8 Å². The number of aromatic nitrogens is 4. The molecule has 1 amide bonds. The first-order valence-electron chi connectivity index (χ1n) is 11.2. The van der Waals surface area contributed by atoms with E-state index < -0.39 is 17.8 Å². The topological polar surface area (TPSA) is 81.1 Å². The van der Waals surface area contributed by atoms with Crippen molar-refractivity contribution in [2.45, 2.75) is 44.5 Å². The van der Waals surface area contributed by atoms with E-state index in [0.717, 1.165) is 18.2 Å². The van der Waals surface area contributed by atoms with Gasteiger partial charge in [0.2, 0.25) is 5.88 Å². The van der Waals surface area contributed by atoms with Gasteiger partial charge < -0.3 is 9.64 Å². The molecule has 0 unspecified atom stereocenters. The van der Waals surface area contributed by atoms with Crippen LogP contribution in [0.5, 0.6) is 5.88 Å². The van der Waals surface area contributed by atoms with Crippen LogP contribution in [-0.4, -0.2) is 49.4 Å². The van der Waals surface area contributed by atoms with Gasteiger partial charge >= 0.3 is 6.18 Å². The molecule has 0 radical (unpaired) electrons. The number of piperidine rings is 2. The Balaban J connectivity index is 1.42. The molecule has 1 aliphatic carbocycles. The lowest BCUT2D eigenvalue weighted by Gasteiger charge is -2.49. The number of carbonyl (C=O) groups is 1. The fraction of sp³-hybridized carbons (Fsp3) is 0.375. The van der Waals surface area contributed by atoms with E-state index in [2.05, 4.69) is 19.9 Å². The second-order valence-corrected chi connectivity index (χ2v) is 9.20. The van der Waals surface area contributed by atoms with Gasteiger partial charge in [-0.25, -0.2) is 19.9 Å². The van der Waals surface area contributed by atoms with Crippen LogP contribution in [0.3, 0.4) is 0 Å². The van der Waals surface area contributed by atoms with Crippen LogP contribution in [0.1, 0.15) is 40.9 Å². The maximum absolute atomic E-state index is 13.7. The lowest BCUT2D eigenvalue weighted by Crippen LogP contribution is -2.59. The van der Waals surface area contributed by atoms with Crippen molar-refractivity contribution in [3.8, 4) is 17.4 Å². The van der Waals surface area contributed by atoms with Crippen molar-refractivity contribution in [3.63, 3.8) is 0 Å². The molecule has 3 aromatic rings. The number of ether oxygens (including phenoxy) is 1. The van der Waals surface area contributed by atoms with Crippen LogP contribution >= 0.6 is 11.6 Å². The van der Waals surface area contributed by atoms with Crippen molar-refractivity contribution in [2.24, 2.45) is 5.92 Å². The van der Waals surface area contributed by atoms with Crippen LogP contribution in [0.15, 0.2) is 42.9 Å². The molecule has 3 atom stereocenters. The molecular formula is C24H21ClF3N5O2. The van der Waals surface area contributed by atoms with E-state index in [0.29, 0.717) is 42.7 Å². The summed E-state index contributed by atoms with van der Waals surface area (Å²) < 4.78 is 44.9. The van der Waals surface area contributed by atoms with Crippen molar-refractivity contribution < 1.29 is 22.7 Å². The number of alkyl halides is 3. The molecule has 3 aliphatic rings. The summed E-state index contributed by atoms with van der Waals surface area (Å²) in [5.41, 5.74) is 0.577. The number of amides is 1. The predicted molar refractivity (Wildman–Crippen MR) is 121 cm³/mol. The highest BCUT2D eigenvalue weighted by molar-refractivity contribution is 6.31. The summed E-state index contributed by atoms with van der Waals surface area (Å²) in [7, 11) is 0. The van der Waals surface area contributed by atoms with Crippen LogP contribution in [0.25, 0.3) is 11.5 Å². The molecular weight excluding hydrogens is 483 g/mol. The van der Waals surface area contributed by atoms with Crippen LogP contribution in [0.4, 0.5) is 13.2 Å². The Morgan fingerprint density at radius 1 is 1.17 bits per heavy atom. The summed E-state index contributed by atoms with van der Waals surface area (Å²) >= 11 is 6.06. The van der Waals surface area contributed by atoms with E-state index in [1.54, 1.807) is 35.5 Å². The summed E-state index contributed by atoms with van der Waals surface area (Å²) in [5, 5.41) is -0.217. The monoisotopic (exact) mass is 503 g/mol. The van der Waals surface area contributed by atoms with Crippen molar-refractivity contribution >= 4 is 17.5 Å². The van der Waals surface area contributed by atoms with Crippen LogP contribution in [0.2, 0.25) is 5.02 Å². The van der Waals surface area contributed by atoms with Gasteiger partial charge in [0.15, 0.2) is 5.82 Å². The molecule has 35 heavy (non-hydrogen) atoms. The highest BCUT2D eigenvalue weighted by Gasteiger charge is 2.45. The number of fused-ring (bicyclic) bond motifs is 3. The summed E-state index contributed by atoms with van der Waals surface area (Å²) in [6, 6.07) is 5.70. The van der Waals surface area contributed by atoms with Gasteiger partial charge in [-0.1, -0.05) is 11.6 Å². The van der Waals surface area contributed by atoms with E-state index in [-0.39, 0.29) is 28.8 Å². The van der Waals surface area contributed by atoms with E-state index in [4.69, 9.17) is 16.3 Å². The first-order chi connectivity index (χ1) is 16.7. The normalized spacial score (nSPS) is 21.7. The van der Waals surface area contributed by atoms with Gasteiger partial charge in [-0.15, -0.1) is 0 Å². The summed E-state index contributed by atoms with van der Waals surface area (Å²) in [6.45, 7) is 2.38. The molecule has 0 N–H and O–H groups in total. The molecule has 11 heteroatoms.